The Hall–Kier alpha value is -0.970. The quantitative estimate of drug-likeness (QED) is 0.433. The van der Waals surface area contributed by atoms with Crippen LogP contribution >= 0.6 is 11.8 Å². The highest BCUT2D eigenvalue weighted by atomic mass is 32.2. The summed E-state index contributed by atoms with van der Waals surface area (Å²) < 4.78 is 6.69. The maximum absolute atomic E-state index is 11.4. The van der Waals surface area contributed by atoms with E-state index in [4.69, 9.17) is 4.74 Å². The predicted molar refractivity (Wildman–Crippen MR) is 62.3 cm³/mol. The SMILES string of the molecule is COC(=O)C1CC(C=[N+](C)C)=C(SC)N1. The zero-order valence-electron chi connectivity index (χ0n) is 9.53. The van der Waals surface area contributed by atoms with Crippen LogP contribution in [0.5, 0.6) is 0 Å². The molecule has 1 heterocycles. The Morgan fingerprint density at radius 3 is 2.80 bits per heavy atom. The number of hydrogen-bond acceptors (Lipinski definition) is 4. The lowest BCUT2D eigenvalue weighted by Crippen LogP contribution is -2.31. The van der Waals surface area contributed by atoms with E-state index in [0.717, 1.165) is 10.6 Å². The van der Waals surface area contributed by atoms with Crippen molar-refractivity contribution in [1.29, 1.82) is 0 Å². The molecule has 0 aliphatic carbocycles. The Labute approximate surface area is 94.4 Å². The highest BCUT2D eigenvalue weighted by molar-refractivity contribution is 8.02. The number of hydrogen-bond donors (Lipinski definition) is 1. The molecule has 1 atom stereocenters. The smallest absolute Gasteiger partial charge is 0.328 e. The first-order valence-corrected chi connectivity index (χ1v) is 5.93. The molecule has 4 nitrogen and oxygen atoms in total. The first-order chi connectivity index (χ1) is 7.08. The average molecular weight is 229 g/mol. The highest BCUT2D eigenvalue weighted by Crippen LogP contribution is 2.24. The van der Waals surface area contributed by atoms with Gasteiger partial charge in [0.15, 0.2) is 6.21 Å². The van der Waals surface area contributed by atoms with E-state index in [1.165, 1.54) is 7.11 Å². The minimum Gasteiger partial charge on any atom is -0.467 e. The molecule has 1 aliphatic heterocycles. The van der Waals surface area contributed by atoms with Crippen molar-refractivity contribution in [2.24, 2.45) is 0 Å². The van der Waals surface area contributed by atoms with E-state index in [-0.39, 0.29) is 12.0 Å². The molecule has 84 valence electrons. The summed E-state index contributed by atoms with van der Waals surface area (Å²) in [5.41, 5.74) is 1.16. The number of esters is 1. The van der Waals surface area contributed by atoms with Crippen molar-refractivity contribution >= 4 is 23.9 Å². The van der Waals surface area contributed by atoms with Crippen LogP contribution in [0.3, 0.4) is 0 Å². The zero-order chi connectivity index (χ0) is 11.4. The number of nitrogens with zero attached hydrogens (tertiary/aromatic N) is 1. The molecule has 0 radical (unpaired) electrons. The van der Waals surface area contributed by atoms with Crippen molar-refractivity contribution in [2.45, 2.75) is 12.5 Å². The summed E-state index contributed by atoms with van der Waals surface area (Å²) in [6, 6.07) is -0.233. The number of carbonyl (C=O) groups is 1. The Kier molecular flexibility index (Phi) is 4.20. The van der Waals surface area contributed by atoms with Gasteiger partial charge in [-0.2, -0.15) is 0 Å². The summed E-state index contributed by atoms with van der Waals surface area (Å²) in [6.45, 7) is 0. The van der Waals surface area contributed by atoms with Gasteiger partial charge in [0.2, 0.25) is 0 Å². The van der Waals surface area contributed by atoms with Gasteiger partial charge in [0.1, 0.15) is 20.1 Å². The Balaban J connectivity index is 2.78. The van der Waals surface area contributed by atoms with Gasteiger partial charge in [-0.25, -0.2) is 9.37 Å². The summed E-state index contributed by atoms with van der Waals surface area (Å²) in [5.74, 6) is -0.205. The first-order valence-electron chi connectivity index (χ1n) is 4.71. The molecule has 0 saturated carbocycles. The van der Waals surface area contributed by atoms with Gasteiger partial charge in [-0.15, -0.1) is 11.8 Å². The summed E-state index contributed by atoms with van der Waals surface area (Å²) in [4.78, 5) is 11.4. The number of methoxy groups -OCH3 is 1. The third kappa shape index (κ3) is 2.99. The van der Waals surface area contributed by atoms with E-state index >= 15 is 0 Å². The van der Waals surface area contributed by atoms with Gasteiger partial charge in [0, 0.05) is 12.0 Å². The molecule has 0 aromatic carbocycles. The minimum atomic E-state index is -0.233. The largest absolute Gasteiger partial charge is 0.467 e. The van der Waals surface area contributed by atoms with E-state index in [9.17, 15) is 4.79 Å². The Bertz CT molecular complexity index is 319. The minimum absolute atomic E-state index is 0.205. The number of thioether (sulfide) groups is 1. The maximum atomic E-state index is 11.4. The molecule has 1 aliphatic rings. The lowest BCUT2D eigenvalue weighted by atomic mass is 10.1. The molecule has 0 aromatic rings. The van der Waals surface area contributed by atoms with E-state index in [1.807, 2.05) is 31.1 Å². The van der Waals surface area contributed by atoms with Gasteiger partial charge < -0.3 is 10.1 Å². The fraction of sp³-hybridized carbons (Fsp3) is 0.600. The molecule has 1 unspecified atom stereocenters. The second-order valence-electron chi connectivity index (χ2n) is 3.58. The fourth-order valence-corrected chi connectivity index (χ4v) is 2.17. The molecular formula is C10H17N2O2S+. The molecule has 0 spiro atoms. The Morgan fingerprint density at radius 1 is 1.67 bits per heavy atom. The first kappa shape index (κ1) is 12.1. The second kappa shape index (κ2) is 5.21. The van der Waals surface area contributed by atoms with Crippen LogP contribution in [-0.4, -0.2) is 50.3 Å². The van der Waals surface area contributed by atoms with E-state index in [0.29, 0.717) is 6.42 Å². The van der Waals surface area contributed by atoms with Crippen LogP contribution in [0.15, 0.2) is 10.6 Å². The molecule has 5 heteroatoms. The molecule has 0 amide bonds. The topological polar surface area (TPSA) is 41.3 Å². The van der Waals surface area contributed by atoms with Crippen LogP contribution in [0.25, 0.3) is 0 Å². The fourth-order valence-electron chi connectivity index (χ4n) is 1.51. The summed E-state index contributed by atoms with van der Waals surface area (Å²) in [5, 5.41) is 4.21. The molecule has 15 heavy (non-hydrogen) atoms. The maximum Gasteiger partial charge on any atom is 0.328 e. The number of nitrogens with one attached hydrogen (secondary N) is 1. The molecular weight excluding hydrogens is 212 g/mol. The Morgan fingerprint density at radius 2 is 2.33 bits per heavy atom. The second-order valence-corrected chi connectivity index (χ2v) is 4.39. The van der Waals surface area contributed by atoms with Crippen molar-refractivity contribution in [3.8, 4) is 0 Å². The zero-order valence-corrected chi connectivity index (χ0v) is 10.4. The van der Waals surface area contributed by atoms with E-state index in [2.05, 4.69) is 5.32 Å². The van der Waals surface area contributed by atoms with Crippen molar-refractivity contribution in [3.05, 3.63) is 10.6 Å². The van der Waals surface area contributed by atoms with Crippen LogP contribution in [0.4, 0.5) is 0 Å². The van der Waals surface area contributed by atoms with E-state index in [1.54, 1.807) is 11.8 Å². The number of carbonyl (C=O) groups excluding carboxylic acids is 1. The summed E-state index contributed by atoms with van der Waals surface area (Å²) in [6.07, 6.45) is 4.72. The summed E-state index contributed by atoms with van der Waals surface area (Å²) >= 11 is 1.62. The van der Waals surface area contributed by atoms with Crippen LogP contribution in [0, 0.1) is 0 Å². The molecule has 1 N–H and O–H groups in total. The molecule has 0 aromatic heterocycles. The van der Waals surface area contributed by atoms with Crippen molar-refractivity contribution in [3.63, 3.8) is 0 Å². The standard InChI is InChI=1S/C10H16N2O2S/c1-12(2)6-7-5-8(10(13)14-3)11-9(7)15-4/h6,8H,5H2,1-4H3/p+1. The van der Waals surface area contributed by atoms with Crippen LogP contribution in [-0.2, 0) is 9.53 Å². The van der Waals surface area contributed by atoms with Crippen LogP contribution in [0.2, 0.25) is 0 Å². The monoisotopic (exact) mass is 229 g/mol. The van der Waals surface area contributed by atoms with Crippen LogP contribution < -0.4 is 5.32 Å². The van der Waals surface area contributed by atoms with Gasteiger partial charge in [0.05, 0.1) is 12.1 Å². The molecule has 0 bridgehead atoms. The third-order valence-electron chi connectivity index (χ3n) is 2.12. The number of ether oxygens (including phenoxy) is 1. The van der Waals surface area contributed by atoms with Crippen molar-refractivity contribution in [2.75, 3.05) is 27.5 Å². The van der Waals surface area contributed by atoms with Gasteiger partial charge >= 0.3 is 5.97 Å². The van der Waals surface area contributed by atoms with Gasteiger partial charge in [-0.1, -0.05) is 0 Å². The van der Waals surface area contributed by atoms with Crippen molar-refractivity contribution < 1.29 is 14.1 Å². The van der Waals surface area contributed by atoms with E-state index < -0.39 is 0 Å². The summed E-state index contributed by atoms with van der Waals surface area (Å²) in [7, 11) is 5.35. The third-order valence-corrected chi connectivity index (χ3v) is 2.91. The van der Waals surface area contributed by atoms with Gasteiger partial charge in [-0.3, -0.25) is 0 Å². The van der Waals surface area contributed by atoms with Crippen molar-refractivity contribution in [1.82, 2.24) is 5.32 Å². The average Bonchev–Trinajstić information content (AvgIpc) is 2.59. The van der Waals surface area contributed by atoms with Gasteiger partial charge in [-0.05, 0) is 6.26 Å². The number of rotatable bonds is 3. The van der Waals surface area contributed by atoms with Crippen LogP contribution in [0.1, 0.15) is 6.42 Å². The normalized spacial score (nSPS) is 19.9. The highest BCUT2D eigenvalue weighted by Gasteiger charge is 2.29. The lowest BCUT2D eigenvalue weighted by Gasteiger charge is -2.08. The molecule has 0 fully saturated rings. The molecule has 1 rings (SSSR count). The molecule has 0 saturated heterocycles. The van der Waals surface area contributed by atoms with Gasteiger partial charge in [0.25, 0.3) is 0 Å². The predicted octanol–water partition coefficient (Wildman–Crippen LogP) is 0.439. The lowest BCUT2D eigenvalue weighted by molar-refractivity contribution is -0.459.